The molecule has 32 heavy (non-hydrogen) atoms. The lowest BCUT2D eigenvalue weighted by atomic mass is 10.1. The van der Waals surface area contributed by atoms with Crippen molar-refractivity contribution in [2.75, 3.05) is 16.8 Å². The Bertz CT molecular complexity index is 1210. The monoisotopic (exact) mass is 443 g/mol. The average molecular weight is 444 g/mol. The number of carbonyl (C=O) groups is 3. The van der Waals surface area contributed by atoms with E-state index in [0.717, 1.165) is 28.3 Å². The maximum atomic E-state index is 13.2. The third-order valence-electron chi connectivity index (χ3n) is 5.42. The molecule has 0 bridgehead atoms. The van der Waals surface area contributed by atoms with Crippen molar-refractivity contribution in [1.29, 1.82) is 0 Å². The van der Waals surface area contributed by atoms with Crippen LogP contribution in [0.5, 0.6) is 0 Å². The predicted octanol–water partition coefficient (Wildman–Crippen LogP) is 4.33. The second-order valence-corrected chi connectivity index (χ2v) is 8.87. The van der Waals surface area contributed by atoms with Gasteiger partial charge in [-0.3, -0.25) is 14.4 Å². The Morgan fingerprint density at radius 2 is 1.69 bits per heavy atom. The summed E-state index contributed by atoms with van der Waals surface area (Å²) < 4.78 is 0. The zero-order valence-electron chi connectivity index (χ0n) is 17.2. The SMILES string of the molecule is O=C(CNC(=O)c1ccccc1)Nc1ccc2c(c1)Sc1ccccc1C(=O)N2C1CC1. The predicted molar refractivity (Wildman–Crippen MR) is 124 cm³/mol. The average Bonchev–Trinajstić information content (AvgIpc) is 3.65. The van der Waals surface area contributed by atoms with Crippen LogP contribution in [0.4, 0.5) is 11.4 Å². The quantitative estimate of drug-likeness (QED) is 0.615. The van der Waals surface area contributed by atoms with Crippen molar-refractivity contribution in [3.63, 3.8) is 0 Å². The number of nitrogens with zero attached hydrogens (tertiary/aromatic N) is 1. The highest BCUT2D eigenvalue weighted by molar-refractivity contribution is 7.99. The van der Waals surface area contributed by atoms with Gasteiger partial charge in [0, 0.05) is 27.1 Å². The van der Waals surface area contributed by atoms with Crippen LogP contribution in [-0.4, -0.2) is 30.3 Å². The number of fused-ring (bicyclic) bond motifs is 2. The Labute approximate surface area is 190 Å². The molecule has 1 saturated carbocycles. The number of benzene rings is 3. The van der Waals surface area contributed by atoms with Gasteiger partial charge >= 0.3 is 0 Å². The Morgan fingerprint density at radius 3 is 2.47 bits per heavy atom. The van der Waals surface area contributed by atoms with E-state index >= 15 is 0 Å². The second kappa shape index (κ2) is 8.51. The van der Waals surface area contributed by atoms with E-state index < -0.39 is 0 Å². The van der Waals surface area contributed by atoms with Crippen molar-refractivity contribution in [2.24, 2.45) is 0 Å². The number of carbonyl (C=O) groups excluding carboxylic acids is 3. The van der Waals surface area contributed by atoms with Crippen molar-refractivity contribution >= 4 is 40.9 Å². The van der Waals surface area contributed by atoms with Crippen molar-refractivity contribution in [3.8, 4) is 0 Å². The van der Waals surface area contributed by atoms with E-state index in [9.17, 15) is 14.4 Å². The summed E-state index contributed by atoms with van der Waals surface area (Å²) in [5, 5.41) is 5.47. The molecule has 7 heteroatoms. The van der Waals surface area contributed by atoms with E-state index in [1.807, 2.05) is 47.4 Å². The largest absolute Gasteiger partial charge is 0.343 e. The fourth-order valence-electron chi connectivity index (χ4n) is 3.72. The van der Waals surface area contributed by atoms with Crippen LogP contribution in [0.3, 0.4) is 0 Å². The highest BCUT2D eigenvalue weighted by Gasteiger charge is 2.38. The van der Waals surface area contributed by atoms with Gasteiger partial charge in [0.15, 0.2) is 0 Å². The van der Waals surface area contributed by atoms with E-state index in [2.05, 4.69) is 10.6 Å². The van der Waals surface area contributed by atoms with Crippen LogP contribution in [-0.2, 0) is 4.79 Å². The van der Waals surface area contributed by atoms with Crippen LogP contribution < -0.4 is 15.5 Å². The number of rotatable bonds is 5. The standard InChI is InChI=1S/C25H21N3O3S/c29-23(15-26-24(30)16-6-2-1-3-7-16)27-17-10-13-20-22(14-17)32-21-9-5-4-8-19(21)25(31)28(20)18-11-12-18/h1-10,13-14,18H,11-12,15H2,(H,26,30)(H,27,29). The van der Waals surface area contributed by atoms with E-state index in [4.69, 9.17) is 0 Å². The molecule has 2 N–H and O–H groups in total. The van der Waals surface area contributed by atoms with Gasteiger partial charge in [0.05, 0.1) is 17.8 Å². The van der Waals surface area contributed by atoms with Gasteiger partial charge in [0.1, 0.15) is 0 Å². The molecule has 0 saturated heterocycles. The lowest BCUT2D eigenvalue weighted by Crippen LogP contribution is -2.33. The summed E-state index contributed by atoms with van der Waals surface area (Å²) in [6, 6.07) is 22.2. The molecule has 0 unspecified atom stereocenters. The van der Waals surface area contributed by atoms with E-state index in [1.165, 1.54) is 11.8 Å². The van der Waals surface area contributed by atoms with Crippen LogP contribution in [0, 0.1) is 0 Å². The summed E-state index contributed by atoms with van der Waals surface area (Å²) in [5.74, 6) is -0.591. The van der Waals surface area contributed by atoms with Gasteiger partial charge in [0.2, 0.25) is 5.91 Å². The maximum Gasteiger partial charge on any atom is 0.259 e. The summed E-state index contributed by atoms with van der Waals surface area (Å²) in [5.41, 5.74) is 2.70. The molecule has 2 aliphatic rings. The van der Waals surface area contributed by atoms with Crippen molar-refractivity contribution in [2.45, 2.75) is 28.7 Å². The molecule has 0 spiro atoms. The molecule has 3 amide bonds. The molecular formula is C25H21N3O3S. The van der Waals surface area contributed by atoms with E-state index in [-0.39, 0.29) is 30.3 Å². The molecule has 1 aliphatic carbocycles. The minimum atomic E-state index is -0.316. The first-order valence-corrected chi connectivity index (χ1v) is 11.3. The second-order valence-electron chi connectivity index (χ2n) is 7.78. The van der Waals surface area contributed by atoms with Crippen LogP contribution in [0.2, 0.25) is 0 Å². The highest BCUT2D eigenvalue weighted by Crippen LogP contribution is 2.46. The molecule has 5 rings (SSSR count). The highest BCUT2D eigenvalue weighted by atomic mass is 32.2. The maximum absolute atomic E-state index is 13.2. The van der Waals surface area contributed by atoms with Crippen LogP contribution in [0.25, 0.3) is 0 Å². The lowest BCUT2D eigenvalue weighted by Gasteiger charge is -2.23. The number of amides is 3. The fraction of sp³-hybridized carbons (Fsp3) is 0.160. The number of anilines is 2. The summed E-state index contributed by atoms with van der Waals surface area (Å²) in [6.45, 7) is -0.131. The molecule has 3 aromatic rings. The molecule has 0 atom stereocenters. The Kier molecular flexibility index (Phi) is 5.41. The summed E-state index contributed by atoms with van der Waals surface area (Å²) in [7, 11) is 0. The van der Waals surface area contributed by atoms with Gasteiger partial charge < -0.3 is 15.5 Å². The minimum absolute atomic E-state index is 0.0229. The first kappa shape index (κ1) is 20.3. The molecule has 0 aromatic heterocycles. The zero-order valence-corrected chi connectivity index (χ0v) is 18.0. The molecule has 1 fully saturated rings. The number of hydrogen-bond donors (Lipinski definition) is 2. The molecule has 0 radical (unpaired) electrons. The summed E-state index contributed by atoms with van der Waals surface area (Å²) >= 11 is 1.53. The van der Waals surface area contributed by atoms with Crippen LogP contribution >= 0.6 is 11.8 Å². The van der Waals surface area contributed by atoms with Gasteiger partial charge in [0.25, 0.3) is 11.8 Å². The van der Waals surface area contributed by atoms with Crippen molar-refractivity contribution in [1.82, 2.24) is 5.32 Å². The number of nitrogens with one attached hydrogen (secondary N) is 2. The molecule has 1 heterocycles. The Hall–Kier alpha value is -3.58. The lowest BCUT2D eigenvalue weighted by molar-refractivity contribution is -0.115. The molecule has 1 aliphatic heterocycles. The summed E-state index contributed by atoms with van der Waals surface area (Å²) in [6.07, 6.45) is 2.00. The first-order chi connectivity index (χ1) is 15.6. The van der Waals surface area contributed by atoms with Gasteiger partial charge in [-0.05, 0) is 55.3 Å². The smallest absolute Gasteiger partial charge is 0.259 e. The van der Waals surface area contributed by atoms with Gasteiger partial charge in [-0.15, -0.1) is 0 Å². The molecular weight excluding hydrogens is 422 g/mol. The van der Waals surface area contributed by atoms with Gasteiger partial charge in [-0.25, -0.2) is 0 Å². The first-order valence-electron chi connectivity index (χ1n) is 10.5. The Balaban J connectivity index is 1.33. The minimum Gasteiger partial charge on any atom is -0.343 e. The van der Waals surface area contributed by atoms with E-state index in [1.54, 1.807) is 30.3 Å². The van der Waals surface area contributed by atoms with Crippen molar-refractivity contribution in [3.05, 3.63) is 83.9 Å². The zero-order chi connectivity index (χ0) is 22.1. The topological polar surface area (TPSA) is 78.5 Å². The van der Waals surface area contributed by atoms with E-state index in [0.29, 0.717) is 16.8 Å². The molecule has 3 aromatic carbocycles. The summed E-state index contributed by atoms with van der Waals surface area (Å²) in [4.78, 5) is 41.5. The third kappa shape index (κ3) is 4.11. The van der Waals surface area contributed by atoms with Gasteiger partial charge in [-0.1, -0.05) is 42.1 Å². The Morgan fingerprint density at radius 1 is 0.938 bits per heavy atom. The van der Waals surface area contributed by atoms with Crippen LogP contribution in [0.15, 0.2) is 82.6 Å². The fourth-order valence-corrected chi connectivity index (χ4v) is 4.82. The third-order valence-corrected chi connectivity index (χ3v) is 6.54. The normalized spacial score (nSPS) is 14.8. The van der Waals surface area contributed by atoms with Gasteiger partial charge in [-0.2, -0.15) is 0 Å². The molecule has 6 nitrogen and oxygen atoms in total. The van der Waals surface area contributed by atoms with Crippen LogP contribution in [0.1, 0.15) is 33.6 Å². The van der Waals surface area contributed by atoms with Crippen molar-refractivity contribution < 1.29 is 14.4 Å². The number of hydrogen-bond acceptors (Lipinski definition) is 4. The molecule has 160 valence electrons.